The Hall–Kier alpha value is -3.56. The third-order valence-corrected chi connectivity index (χ3v) is 4.62. The van der Waals surface area contributed by atoms with Gasteiger partial charge < -0.3 is 20.9 Å². The van der Waals surface area contributed by atoms with Crippen LogP contribution in [0.3, 0.4) is 0 Å². The van der Waals surface area contributed by atoms with Crippen LogP contribution in [0.15, 0.2) is 48.5 Å². The Balaban J connectivity index is 1.65. The van der Waals surface area contributed by atoms with Crippen LogP contribution >= 0.6 is 0 Å². The summed E-state index contributed by atoms with van der Waals surface area (Å²) < 4.78 is 38.8. The number of nitrogens with zero attached hydrogens (tertiary/aromatic N) is 1. The first kappa shape index (κ1) is 21.2. The summed E-state index contributed by atoms with van der Waals surface area (Å²) >= 11 is 0. The summed E-state index contributed by atoms with van der Waals surface area (Å²) in [5.74, 6) is -1.53. The van der Waals surface area contributed by atoms with Crippen LogP contribution < -0.4 is 20.9 Å². The van der Waals surface area contributed by atoms with Crippen LogP contribution in [-0.2, 0) is 15.8 Å². The molecule has 1 aliphatic heterocycles. The molecule has 3 N–H and O–H groups in total. The molecule has 0 aliphatic carbocycles. The first-order valence-electron chi connectivity index (χ1n) is 9.04. The van der Waals surface area contributed by atoms with E-state index in [1.54, 1.807) is 24.3 Å². The zero-order valence-corrected chi connectivity index (χ0v) is 15.9. The van der Waals surface area contributed by atoms with Crippen LogP contribution in [0.4, 0.5) is 35.0 Å². The van der Waals surface area contributed by atoms with E-state index in [4.69, 9.17) is 0 Å². The minimum atomic E-state index is -4.52. The van der Waals surface area contributed by atoms with Crippen molar-refractivity contribution in [3.63, 3.8) is 0 Å². The predicted octanol–water partition coefficient (Wildman–Crippen LogP) is 3.45. The molecule has 3 rings (SSSR count). The van der Waals surface area contributed by atoms with Gasteiger partial charge in [0.2, 0.25) is 11.8 Å². The maximum Gasteiger partial charge on any atom is 0.416 e. The third kappa shape index (κ3) is 4.88. The van der Waals surface area contributed by atoms with E-state index in [0.29, 0.717) is 11.4 Å². The summed E-state index contributed by atoms with van der Waals surface area (Å²) in [6.07, 6.45) is -4.62. The number of hydrogen-bond acceptors (Lipinski definition) is 3. The molecule has 1 aliphatic rings. The lowest BCUT2D eigenvalue weighted by molar-refractivity contribution is -0.137. The highest BCUT2D eigenvalue weighted by Gasteiger charge is 2.37. The standard InChI is InChI=1S/C20H19F3N4O3/c1-24-19(30)26-15-7-5-14(6-8-15)25-18(29)12-9-17(28)27(11-12)16-4-2-3-13(10-16)20(21,22)23/h2-8,10,12H,9,11H2,1H3,(H,25,29)(H2,24,26,30). The Kier molecular flexibility index (Phi) is 5.95. The van der Waals surface area contributed by atoms with Crippen LogP contribution in [0.1, 0.15) is 12.0 Å². The summed E-state index contributed by atoms with van der Waals surface area (Å²) in [5, 5.41) is 7.67. The number of anilines is 3. The fraction of sp³-hybridized carbons (Fsp3) is 0.250. The number of hydrogen-bond donors (Lipinski definition) is 3. The molecule has 0 aromatic heterocycles. The van der Waals surface area contributed by atoms with E-state index in [1.807, 2.05) is 0 Å². The quantitative estimate of drug-likeness (QED) is 0.708. The average molecular weight is 420 g/mol. The largest absolute Gasteiger partial charge is 0.416 e. The fourth-order valence-electron chi connectivity index (χ4n) is 3.06. The van der Waals surface area contributed by atoms with E-state index in [-0.39, 0.29) is 24.7 Å². The van der Waals surface area contributed by atoms with Gasteiger partial charge >= 0.3 is 12.2 Å². The molecule has 0 bridgehead atoms. The molecule has 158 valence electrons. The van der Waals surface area contributed by atoms with Gasteiger partial charge in [0.05, 0.1) is 11.5 Å². The van der Waals surface area contributed by atoms with Crippen molar-refractivity contribution in [1.82, 2.24) is 5.32 Å². The van der Waals surface area contributed by atoms with Gasteiger partial charge in [0.1, 0.15) is 0 Å². The van der Waals surface area contributed by atoms with Crippen molar-refractivity contribution >= 4 is 34.9 Å². The maximum absolute atomic E-state index is 12.9. The van der Waals surface area contributed by atoms with Crippen molar-refractivity contribution < 1.29 is 27.6 Å². The maximum atomic E-state index is 12.9. The van der Waals surface area contributed by atoms with E-state index >= 15 is 0 Å². The van der Waals surface area contributed by atoms with E-state index in [0.717, 1.165) is 12.1 Å². The molecule has 30 heavy (non-hydrogen) atoms. The lowest BCUT2D eigenvalue weighted by Crippen LogP contribution is -2.28. The average Bonchev–Trinajstić information content (AvgIpc) is 3.10. The normalized spacial score (nSPS) is 16.3. The summed E-state index contributed by atoms with van der Waals surface area (Å²) in [5.41, 5.74) is 0.243. The molecule has 4 amide bonds. The van der Waals surface area contributed by atoms with Crippen molar-refractivity contribution in [3.05, 3.63) is 54.1 Å². The van der Waals surface area contributed by atoms with Crippen molar-refractivity contribution in [1.29, 1.82) is 0 Å². The number of alkyl halides is 3. The van der Waals surface area contributed by atoms with Gasteiger partial charge in [-0.2, -0.15) is 13.2 Å². The van der Waals surface area contributed by atoms with Gasteiger partial charge in [-0.1, -0.05) is 6.07 Å². The zero-order chi connectivity index (χ0) is 21.9. The zero-order valence-electron chi connectivity index (χ0n) is 15.9. The molecule has 1 heterocycles. The van der Waals surface area contributed by atoms with Crippen LogP contribution in [0.25, 0.3) is 0 Å². The minimum Gasteiger partial charge on any atom is -0.341 e. The van der Waals surface area contributed by atoms with E-state index in [2.05, 4.69) is 16.0 Å². The van der Waals surface area contributed by atoms with Gasteiger partial charge in [0, 0.05) is 37.1 Å². The van der Waals surface area contributed by atoms with Crippen LogP contribution in [0.2, 0.25) is 0 Å². The van der Waals surface area contributed by atoms with Gasteiger partial charge in [-0.15, -0.1) is 0 Å². The molecule has 1 unspecified atom stereocenters. The smallest absolute Gasteiger partial charge is 0.341 e. The minimum absolute atomic E-state index is 0.0116. The lowest BCUT2D eigenvalue weighted by Gasteiger charge is -2.18. The Morgan fingerprint density at radius 3 is 2.27 bits per heavy atom. The molecule has 1 saturated heterocycles. The summed E-state index contributed by atoms with van der Waals surface area (Å²) in [4.78, 5) is 37.3. The molecule has 0 saturated carbocycles. The topological polar surface area (TPSA) is 90.5 Å². The van der Waals surface area contributed by atoms with Gasteiger partial charge in [-0.25, -0.2) is 4.79 Å². The predicted molar refractivity (Wildman–Crippen MR) is 105 cm³/mol. The summed E-state index contributed by atoms with van der Waals surface area (Å²) in [6.45, 7) is -0.0116. The van der Waals surface area contributed by atoms with Crippen LogP contribution in [0, 0.1) is 5.92 Å². The second-order valence-corrected chi connectivity index (χ2v) is 6.72. The molecular weight excluding hydrogens is 401 g/mol. The van der Waals surface area contributed by atoms with Crippen molar-refractivity contribution in [2.24, 2.45) is 5.92 Å². The molecule has 7 nitrogen and oxygen atoms in total. The molecule has 1 fully saturated rings. The van der Waals surface area contributed by atoms with Crippen LogP contribution in [-0.4, -0.2) is 31.4 Å². The van der Waals surface area contributed by atoms with Gasteiger partial charge in [-0.05, 0) is 42.5 Å². The Morgan fingerprint density at radius 1 is 1.03 bits per heavy atom. The lowest BCUT2D eigenvalue weighted by atomic mass is 10.1. The Labute approximate surface area is 170 Å². The van der Waals surface area contributed by atoms with Crippen molar-refractivity contribution in [3.8, 4) is 0 Å². The summed E-state index contributed by atoms with van der Waals surface area (Å²) in [7, 11) is 1.48. The molecule has 10 heteroatoms. The van der Waals surface area contributed by atoms with Gasteiger partial charge in [0.15, 0.2) is 0 Å². The highest BCUT2D eigenvalue weighted by molar-refractivity contribution is 6.03. The number of amides is 4. The number of rotatable bonds is 4. The Morgan fingerprint density at radius 2 is 1.67 bits per heavy atom. The number of urea groups is 1. The second-order valence-electron chi connectivity index (χ2n) is 6.72. The molecule has 1 atom stereocenters. The fourth-order valence-corrected chi connectivity index (χ4v) is 3.06. The molecule has 2 aromatic carbocycles. The highest BCUT2D eigenvalue weighted by atomic mass is 19.4. The molecular formula is C20H19F3N4O3. The number of nitrogens with one attached hydrogen (secondary N) is 3. The first-order chi connectivity index (χ1) is 14.2. The molecule has 0 radical (unpaired) electrons. The van der Waals surface area contributed by atoms with Gasteiger partial charge in [-0.3, -0.25) is 9.59 Å². The number of halogens is 3. The van der Waals surface area contributed by atoms with E-state index in [1.165, 1.54) is 24.1 Å². The third-order valence-electron chi connectivity index (χ3n) is 4.62. The van der Waals surface area contributed by atoms with Crippen LogP contribution in [0.5, 0.6) is 0 Å². The molecule has 0 spiro atoms. The summed E-state index contributed by atoms with van der Waals surface area (Å²) in [6, 6.07) is 10.5. The highest BCUT2D eigenvalue weighted by Crippen LogP contribution is 2.33. The van der Waals surface area contributed by atoms with Gasteiger partial charge in [0.25, 0.3) is 0 Å². The number of carbonyl (C=O) groups is 3. The number of benzene rings is 2. The first-order valence-corrected chi connectivity index (χ1v) is 9.04. The van der Waals surface area contributed by atoms with Crippen molar-refractivity contribution in [2.75, 3.05) is 29.1 Å². The second kappa shape index (κ2) is 8.44. The Bertz CT molecular complexity index is 961. The monoisotopic (exact) mass is 420 g/mol. The van der Waals surface area contributed by atoms with Crippen molar-refractivity contribution in [2.45, 2.75) is 12.6 Å². The SMILES string of the molecule is CNC(=O)Nc1ccc(NC(=O)C2CC(=O)N(c3cccc(C(F)(F)F)c3)C2)cc1. The van der Waals surface area contributed by atoms with E-state index in [9.17, 15) is 27.6 Å². The molecule has 2 aromatic rings. The number of carbonyl (C=O) groups excluding carboxylic acids is 3. The van der Waals surface area contributed by atoms with E-state index < -0.39 is 29.5 Å².